The third kappa shape index (κ3) is 9.23. The summed E-state index contributed by atoms with van der Waals surface area (Å²) >= 11 is 0. The number of amides is 6. The van der Waals surface area contributed by atoms with Crippen molar-refractivity contribution in [1.82, 2.24) is 40.3 Å². The van der Waals surface area contributed by atoms with Crippen LogP contribution >= 0.6 is 0 Å². The first-order chi connectivity index (χ1) is 36.7. The second kappa shape index (κ2) is 20.3. The van der Waals surface area contributed by atoms with Gasteiger partial charge in [0.15, 0.2) is 5.82 Å². The van der Waals surface area contributed by atoms with Crippen molar-refractivity contribution in [3.8, 4) is 29.6 Å². The summed E-state index contributed by atoms with van der Waals surface area (Å²) in [7, 11) is 1.58. The number of rotatable bonds is 15. The number of fused-ring (bicyclic) bond motifs is 6. The van der Waals surface area contributed by atoms with Crippen LogP contribution in [-0.4, -0.2) is 155 Å². The molecule has 2 aromatic heterocycles. The lowest BCUT2D eigenvalue weighted by Crippen LogP contribution is -2.54. The fraction of sp³-hybridized carbons (Fsp3) is 0.400. The van der Waals surface area contributed by atoms with Gasteiger partial charge in [0.25, 0.3) is 11.8 Å². The van der Waals surface area contributed by atoms with Crippen LogP contribution in [0.3, 0.4) is 0 Å². The normalized spacial score (nSPS) is 23.0. The van der Waals surface area contributed by atoms with E-state index in [9.17, 15) is 28.8 Å². The summed E-state index contributed by atoms with van der Waals surface area (Å²) < 4.78 is 50.3. The highest BCUT2D eigenvalue weighted by molar-refractivity contribution is 6.26. The van der Waals surface area contributed by atoms with Gasteiger partial charge in [0, 0.05) is 74.9 Å². The molecule has 392 valence electrons. The Morgan fingerprint density at radius 1 is 0.987 bits per heavy atom. The number of hydrogen-bond acceptors (Lipinski definition) is 15. The van der Waals surface area contributed by atoms with Crippen molar-refractivity contribution in [3.63, 3.8) is 0 Å². The fourth-order valence-electron chi connectivity index (χ4n) is 11.8. The minimum absolute atomic E-state index is 0.00229. The highest BCUT2D eigenvalue weighted by atomic mass is 19.1. The molecule has 8 heterocycles. The molecule has 0 saturated carbocycles. The largest absolute Gasteiger partial charge is 0.461 e. The van der Waals surface area contributed by atoms with Gasteiger partial charge in [-0.3, -0.25) is 44.1 Å². The van der Waals surface area contributed by atoms with E-state index < -0.39 is 58.8 Å². The zero-order valence-electron chi connectivity index (χ0n) is 41.7. The Bertz CT molecular complexity index is 3320. The fourth-order valence-corrected chi connectivity index (χ4v) is 11.8. The number of terminal acetylenes is 1. The Morgan fingerprint density at radius 3 is 2.57 bits per heavy atom. The van der Waals surface area contributed by atoms with Gasteiger partial charge in [0.2, 0.25) is 17.7 Å². The number of piperazine rings is 1. The van der Waals surface area contributed by atoms with E-state index in [1.54, 1.807) is 37.5 Å². The number of anilines is 2. The summed E-state index contributed by atoms with van der Waals surface area (Å²) in [4.78, 5) is 97.8. The van der Waals surface area contributed by atoms with Crippen LogP contribution in [0.4, 0.5) is 25.1 Å². The number of likely N-dealkylation sites (N-methyl/N-ethyl adjacent to an activating group) is 1. The topological polar surface area (TPSA) is 218 Å². The van der Waals surface area contributed by atoms with E-state index in [2.05, 4.69) is 43.2 Å². The molecule has 3 aromatic carbocycles. The number of carbonyl (C=O) groups is 6. The van der Waals surface area contributed by atoms with Crippen LogP contribution < -0.4 is 25.6 Å². The van der Waals surface area contributed by atoms with Gasteiger partial charge in [-0.2, -0.15) is 9.97 Å². The number of aromatic nitrogens is 3. The molecule has 6 aliphatic rings. The maximum atomic E-state index is 17.2. The molecule has 5 fully saturated rings. The second-order valence-corrected chi connectivity index (χ2v) is 20.4. The first kappa shape index (κ1) is 50.2. The van der Waals surface area contributed by atoms with Gasteiger partial charge in [0.05, 0.1) is 52.9 Å². The third-order valence-corrected chi connectivity index (χ3v) is 15.5. The lowest BCUT2D eigenvalue weighted by atomic mass is 9.94. The molecule has 2 bridgehead atoms. The van der Waals surface area contributed by atoms with Crippen molar-refractivity contribution in [2.45, 2.75) is 81.1 Å². The number of halogens is 2. The van der Waals surface area contributed by atoms with Crippen molar-refractivity contribution in [1.29, 1.82) is 0 Å². The van der Waals surface area contributed by atoms with Gasteiger partial charge in [-0.15, -0.1) is 6.42 Å². The van der Waals surface area contributed by atoms with E-state index in [-0.39, 0.29) is 110 Å². The summed E-state index contributed by atoms with van der Waals surface area (Å²) in [6, 6.07) is 11.7. The zero-order valence-corrected chi connectivity index (χ0v) is 41.7. The predicted molar refractivity (Wildman–Crippen MR) is 273 cm³/mol. The van der Waals surface area contributed by atoms with E-state index in [4.69, 9.17) is 30.6 Å². The zero-order chi connectivity index (χ0) is 53.0. The molecule has 6 amide bonds. The number of piperidine rings is 1. The number of ether oxygens (including phenoxy) is 3. The molecule has 0 radical (unpaired) electrons. The van der Waals surface area contributed by atoms with Gasteiger partial charge < -0.3 is 34.6 Å². The third-order valence-electron chi connectivity index (χ3n) is 15.5. The summed E-state index contributed by atoms with van der Waals surface area (Å²) in [6.45, 7) is 6.68. The van der Waals surface area contributed by atoms with Crippen LogP contribution in [0.25, 0.3) is 32.9 Å². The van der Waals surface area contributed by atoms with Crippen LogP contribution in [0.2, 0.25) is 0 Å². The smallest absolute Gasteiger partial charge is 0.409 e. The minimum atomic E-state index is -1.14. The standard InChI is InChI=1S/C55H54F2N10O9/c1-4-35-39(56)14-11-31-7-5-8-36(44(31)35)47-46(57)48-38(24-58-47)49(65-26-32-12-13-33(27-65)59-32)63-53(62-48)76-29-55-19-17-34(66(55)25-30(2)23-55)28-75-54(73)64(3)20-22-74-21-18-43(69)60-40-10-6-9-37-45(40)52(72)67(51(37)71)41-15-16-42(68)61-50(41)70/h1,5-11,14,24,32-34,41,59H,2,12-13,15-23,25-29H2,3H3,(H,60,69)(H,61,68,70)/t32?,33?,34-,41?,55?/m0/s1. The van der Waals surface area contributed by atoms with E-state index in [0.29, 0.717) is 66.4 Å². The van der Waals surface area contributed by atoms with Gasteiger partial charge in [-0.25, -0.2) is 13.6 Å². The Morgan fingerprint density at radius 2 is 1.78 bits per heavy atom. The van der Waals surface area contributed by atoms with Gasteiger partial charge in [0.1, 0.15) is 42.1 Å². The number of pyridine rings is 1. The lowest BCUT2D eigenvalue weighted by Gasteiger charge is -2.35. The Hall–Kier alpha value is -7.93. The van der Waals surface area contributed by atoms with Crippen molar-refractivity contribution >= 4 is 68.8 Å². The summed E-state index contributed by atoms with van der Waals surface area (Å²) in [5, 5.41) is 9.89. The molecule has 6 aliphatic heterocycles. The first-order valence-corrected chi connectivity index (χ1v) is 25.4. The predicted octanol–water partition coefficient (Wildman–Crippen LogP) is 5.10. The molecule has 5 saturated heterocycles. The Balaban J connectivity index is 0.706. The number of carbonyl (C=O) groups excluding carboxylic acids is 6. The molecule has 5 aromatic rings. The molecule has 21 heteroatoms. The highest BCUT2D eigenvalue weighted by Gasteiger charge is 2.52. The average Bonchev–Trinajstić information content (AvgIpc) is 4.17. The van der Waals surface area contributed by atoms with E-state index in [1.807, 2.05) is 0 Å². The molecule has 76 heavy (non-hydrogen) atoms. The van der Waals surface area contributed by atoms with Crippen LogP contribution in [0.5, 0.6) is 6.01 Å². The molecule has 19 nitrogen and oxygen atoms in total. The Labute approximate surface area is 435 Å². The van der Waals surface area contributed by atoms with Crippen LogP contribution in [0.15, 0.2) is 66.9 Å². The quantitative estimate of drug-likeness (QED) is 0.0538. The SMILES string of the molecule is C#Cc1c(F)ccc2cccc(-c3ncc4c(N5CC6CCC(C5)N6)nc(OCC56CC[C@@H](COC(=O)N(C)CCOCCC(=O)Nc7cccc8c7C(=O)N(C7CCC(=O)NC7=O)C8=O)N5CC(=C)C6)nc4c3F)c12. The number of benzene rings is 3. The van der Waals surface area contributed by atoms with Crippen LogP contribution in [0, 0.1) is 24.0 Å². The van der Waals surface area contributed by atoms with Crippen molar-refractivity contribution in [2.24, 2.45) is 0 Å². The van der Waals surface area contributed by atoms with Crippen molar-refractivity contribution < 1.29 is 51.8 Å². The molecule has 5 atom stereocenters. The highest BCUT2D eigenvalue weighted by Crippen LogP contribution is 2.45. The number of nitrogens with zero attached hydrogens (tertiary/aromatic N) is 7. The molecular weight excluding hydrogens is 983 g/mol. The van der Waals surface area contributed by atoms with Crippen molar-refractivity contribution in [2.75, 3.05) is 69.9 Å². The lowest BCUT2D eigenvalue weighted by molar-refractivity contribution is -0.136. The van der Waals surface area contributed by atoms with Gasteiger partial charge >= 0.3 is 12.1 Å². The maximum absolute atomic E-state index is 17.2. The molecule has 3 N–H and O–H groups in total. The monoisotopic (exact) mass is 1040 g/mol. The molecular formula is C55H54F2N10O9. The summed E-state index contributed by atoms with van der Waals surface area (Å²) in [5.41, 5.74) is 0.917. The van der Waals surface area contributed by atoms with E-state index in [0.717, 1.165) is 23.3 Å². The molecule has 0 spiro atoms. The maximum Gasteiger partial charge on any atom is 0.409 e. The number of hydrogen-bond donors (Lipinski definition) is 3. The number of imide groups is 2. The summed E-state index contributed by atoms with van der Waals surface area (Å²) in [6.07, 6.45) is 10.7. The van der Waals surface area contributed by atoms with Crippen LogP contribution in [0.1, 0.15) is 77.6 Å². The molecule has 11 rings (SSSR count). The van der Waals surface area contributed by atoms with E-state index in [1.165, 1.54) is 29.2 Å². The first-order valence-electron chi connectivity index (χ1n) is 25.4. The van der Waals surface area contributed by atoms with Crippen molar-refractivity contribution in [3.05, 3.63) is 95.2 Å². The Kier molecular flexibility index (Phi) is 13.4. The van der Waals surface area contributed by atoms with Crippen LogP contribution in [-0.2, 0) is 23.9 Å². The van der Waals surface area contributed by atoms with E-state index >= 15 is 8.78 Å². The number of nitrogens with one attached hydrogen (secondary N) is 3. The van der Waals surface area contributed by atoms with Gasteiger partial charge in [-0.05, 0) is 62.1 Å². The average molecular weight is 1040 g/mol. The minimum Gasteiger partial charge on any atom is -0.461 e. The summed E-state index contributed by atoms with van der Waals surface area (Å²) in [5.74, 6) is -1.49. The molecule has 4 unspecified atom stereocenters. The second-order valence-electron chi connectivity index (χ2n) is 20.4. The molecule has 0 aliphatic carbocycles. The van der Waals surface area contributed by atoms with Gasteiger partial charge in [-0.1, -0.05) is 48.4 Å².